The Balaban J connectivity index is 2.12. The number of hydrogen-bond donors (Lipinski definition) is 1. The molecule has 2 aromatic carbocycles. The highest BCUT2D eigenvalue weighted by Gasteiger charge is 2.30. The highest BCUT2D eigenvalue weighted by molar-refractivity contribution is 7.84. The van der Waals surface area contributed by atoms with E-state index in [-0.39, 0.29) is 0 Å². The van der Waals surface area contributed by atoms with Gasteiger partial charge in [0.1, 0.15) is 0 Å². The van der Waals surface area contributed by atoms with Gasteiger partial charge in [-0.3, -0.25) is 9.00 Å². The summed E-state index contributed by atoms with van der Waals surface area (Å²) in [5.74, 6) is -0.409. The molecule has 1 N–H and O–H groups in total. The fraction of sp³-hybridized carbons (Fsp3) is 0.235. The maximum absolute atomic E-state index is 12.7. The van der Waals surface area contributed by atoms with Gasteiger partial charge in [0.2, 0.25) is 0 Å². The predicted octanol–water partition coefficient (Wildman–Crippen LogP) is 3.93. The number of carbonyl (C=O) groups excluding carboxylic acids is 1. The largest absolute Gasteiger partial charge is 0.416 e. The average Bonchev–Trinajstić information content (AvgIpc) is 2.54. The van der Waals surface area contributed by atoms with Crippen LogP contribution >= 0.6 is 0 Å². The van der Waals surface area contributed by atoms with Gasteiger partial charge in [0, 0.05) is 27.5 Å². The van der Waals surface area contributed by atoms with E-state index in [9.17, 15) is 22.2 Å². The van der Waals surface area contributed by atoms with Crippen LogP contribution in [0.5, 0.6) is 0 Å². The number of amides is 1. The second-order valence-electron chi connectivity index (χ2n) is 5.30. The first-order valence-corrected chi connectivity index (χ1v) is 8.66. The first-order chi connectivity index (χ1) is 11.2. The van der Waals surface area contributed by atoms with Crippen molar-refractivity contribution in [1.82, 2.24) is 5.32 Å². The van der Waals surface area contributed by atoms with Crippen LogP contribution in [-0.2, 0) is 17.0 Å². The summed E-state index contributed by atoms with van der Waals surface area (Å²) in [5.41, 5.74) is -0.0386. The molecule has 0 aliphatic heterocycles. The fourth-order valence-corrected chi connectivity index (χ4v) is 2.66. The maximum Gasteiger partial charge on any atom is 0.416 e. The lowest BCUT2D eigenvalue weighted by atomic mass is 10.0. The summed E-state index contributed by atoms with van der Waals surface area (Å²) in [6.07, 6.45) is -2.89. The standard InChI is InChI=1S/C17H16F3NO2S/c1-11(13-4-3-5-14(10-13)17(18,19)20)21-16(22)12-6-8-15(9-7-12)24(2)23/h3-11H,1-2H3,(H,21,22). The zero-order valence-corrected chi connectivity index (χ0v) is 13.9. The molecular formula is C17H16F3NO2S. The summed E-state index contributed by atoms with van der Waals surface area (Å²) in [7, 11) is -1.14. The Labute approximate surface area is 140 Å². The van der Waals surface area contributed by atoms with Crippen LogP contribution in [0, 0.1) is 0 Å². The van der Waals surface area contributed by atoms with Gasteiger partial charge in [-0.05, 0) is 48.9 Å². The molecule has 0 aliphatic carbocycles. The topological polar surface area (TPSA) is 46.2 Å². The second-order valence-corrected chi connectivity index (χ2v) is 6.68. The molecule has 2 unspecified atom stereocenters. The van der Waals surface area contributed by atoms with Gasteiger partial charge in [-0.1, -0.05) is 12.1 Å². The Bertz CT molecular complexity index is 757. The Hall–Kier alpha value is -2.15. The third-order valence-electron chi connectivity index (χ3n) is 3.51. The van der Waals surface area contributed by atoms with Gasteiger partial charge >= 0.3 is 6.18 Å². The molecule has 3 nitrogen and oxygen atoms in total. The normalized spacial score (nSPS) is 14.0. The molecule has 2 aromatic rings. The summed E-state index contributed by atoms with van der Waals surface area (Å²) in [4.78, 5) is 12.8. The van der Waals surface area contributed by atoms with E-state index < -0.39 is 34.5 Å². The van der Waals surface area contributed by atoms with Gasteiger partial charge in [-0.15, -0.1) is 0 Å². The van der Waals surface area contributed by atoms with Crippen molar-refractivity contribution >= 4 is 16.7 Å². The SMILES string of the molecule is CC(NC(=O)c1ccc(S(C)=O)cc1)c1cccc(C(F)(F)F)c1. The molecule has 0 saturated carbocycles. The van der Waals surface area contributed by atoms with Crippen LogP contribution in [0.3, 0.4) is 0 Å². The number of hydrogen-bond acceptors (Lipinski definition) is 2. The summed E-state index contributed by atoms with van der Waals surface area (Å²) in [5, 5.41) is 2.66. The highest BCUT2D eigenvalue weighted by atomic mass is 32.2. The van der Waals surface area contributed by atoms with Crippen LogP contribution in [0.2, 0.25) is 0 Å². The van der Waals surface area contributed by atoms with E-state index in [2.05, 4.69) is 5.32 Å². The molecule has 0 bridgehead atoms. The Kier molecular flexibility index (Phi) is 5.43. The maximum atomic E-state index is 12.7. The Morgan fingerprint density at radius 2 is 1.75 bits per heavy atom. The van der Waals surface area contributed by atoms with Gasteiger partial charge in [0.05, 0.1) is 11.6 Å². The van der Waals surface area contributed by atoms with Crippen LogP contribution in [-0.4, -0.2) is 16.4 Å². The van der Waals surface area contributed by atoms with Gasteiger partial charge in [-0.25, -0.2) is 0 Å². The van der Waals surface area contributed by atoms with Crippen molar-refractivity contribution < 1.29 is 22.2 Å². The van der Waals surface area contributed by atoms with Crippen molar-refractivity contribution in [2.24, 2.45) is 0 Å². The molecule has 2 rings (SSSR count). The van der Waals surface area contributed by atoms with E-state index >= 15 is 0 Å². The number of rotatable bonds is 4. The number of alkyl halides is 3. The van der Waals surface area contributed by atoms with Gasteiger partial charge < -0.3 is 5.32 Å². The molecule has 0 aliphatic rings. The zero-order chi connectivity index (χ0) is 17.9. The summed E-state index contributed by atoms with van der Waals surface area (Å²) in [6, 6.07) is 10.5. The number of benzene rings is 2. The van der Waals surface area contributed by atoms with E-state index in [1.54, 1.807) is 19.1 Å². The molecule has 7 heteroatoms. The van der Waals surface area contributed by atoms with Crippen LogP contribution in [0.25, 0.3) is 0 Å². The molecule has 1 amide bonds. The molecule has 128 valence electrons. The van der Waals surface area contributed by atoms with Crippen molar-refractivity contribution in [3.8, 4) is 0 Å². The van der Waals surface area contributed by atoms with Crippen molar-refractivity contribution in [3.05, 3.63) is 65.2 Å². The molecule has 24 heavy (non-hydrogen) atoms. The lowest BCUT2D eigenvalue weighted by molar-refractivity contribution is -0.137. The zero-order valence-electron chi connectivity index (χ0n) is 13.1. The first kappa shape index (κ1) is 18.2. The number of halogens is 3. The van der Waals surface area contributed by atoms with Crippen LogP contribution in [0.4, 0.5) is 13.2 Å². The van der Waals surface area contributed by atoms with Crippen molar-refractivity contribution in [2.45, 2.75) is 24.0 Å². The molecule has 0 saturated heterocycles. The molecule has 0 spiro atoms. The summed E-state index contributed by atoms with van der Waals surface area (Å²) < 4.78 is 49.6. The average molecular weight is 355 g/mol. The van der Waals surface area contributed by atoms with Crippen LogP contribution in [0.15, 0.2) is 53.4 Å². The van der Waals surface area contributed by atoms with Crippen molar-refractivity contribution in [1.29, 1.82) is 0 Å². The van der Waals surface area contributed by atoms with E-state index in [4.69, 9.17) is 0 Å². The predicted molar refractivity (Wildman–Crippen MR) is 86.1 cm³/mol. The quantitative estimate of drug-likeness (QED) is 0.903. The molecule has 0 aromatic heterocycles. The monoisotopic (exact) mass is 355 g/mol. The van der Waals surface area contributed by atoms with Crippen molar-refractivity contribution in [3.63, 3.8) is 0 Å². The van der Waals surface area contributed by atoms with Crippen LogP contribution in [0.1, 0.15) is 34.5 Å². The third kappa shape index (κ3) is 4.44. The highest BCUT2D eigenvalue weighted by Crippen LogP contribution is 2.30. The Morgan fingerprint density at radius 1 is 1.12 bits per heavy atom. The van der Waals surface area contributed by atoms with Gasteiger partial charge in [0.25, 0.3) is 5.91 Å². The van der Waals surface area contributed by atoms with E-state index in [1.165, 1.54) is 30.5 Å². The first-order valence-electron chi connectivity index (χ1n) is 7.10. The minimum atomic E-state index is -4.43. The smallest absolute Gasteiger partial charge is 0.346 e. The van der Waals surface area contributed by atoms with E-state index in [1.807, 2.05) is 0 Å². The van der Waals surface area contributed by atoms with E-state index in [0.29, 0.717) is 16.0 Å². The van der Waals surface area contributed by atoms with Crippen LogP contribution < -0.4 is 5.32 Å². The summed E-state index contributed by atoms with van der Waals surface area (Å²) >= 11 is 0. The minimum Gasteiger partial charge on any atom is -0.346 e. The summed E-state index contributed by atoms with van der Waals surface area (Å²) in [6.45, 7) is 1.61. The number of carbonyl (C=O) groups is 1. The lowest BCUT2D eigenvalue weighted by Gasteiger charge is -2.16. The lowest BCUT2D eigenvalue weighted by Crippen LogP contribution is -2.26. The second kappa shape index (κ2) is 7.17. The molecule has 0 fully saturated rings. The third-order valence-corrected chi connectivity index (χ3v) is 4.45. The van der Waals surface area contributed by atoms with E-state index in [0.717, 1.165) is 12.1 Å². The van der Waals surface area contributed by atoms with Gasteiger partial charge in [0.15, 0.2) is 0 Å². The Morgan fingerprint density at radius 3 is 2.29 bits per heavy atom. The number of nitrogens with one attached hydrogen (secondary N) is 1. The minimum absolute atomic E-state index is 0.350. The van der Waals surface area contributed by atoms with Crippen molar-refractivity contribution in [2.75, 3.05) is 6.26 Å². The fourth-order valence-electron chi connectivity index (χ4n) is 2.15. The molecule has 2 atom stereocenters. The molecular weight excluding hydrogens is 339 g/mol. The van der Waals surface area contributed by atoms with Gasteiger partial charge in [-0.2, -0.15) is 13.2 Å². The molecule has 0 radical (unpaired) electrons. The molecule has 0 heterocycles.